The average Bonchev–Trinajstić information content (AvgIpc) is 3.17. The van der Waals surface area contributed by atoms with Crippen molar-refractivity contribution in [3.05, 3.63) is 0 Å². The van der Waals surface area contributed by atoms with Crippen molar-refractivity contribution in [1.29, 1.82) is 0 Å². The van der Waals surface area contributed by atoms with Crippen molar-refractivity contribution >= 4 is 0 Å². The zero-order valence-corrected chi connectivity index (χ0v) is 34.7. The van der Waals surface area contributed by atoms with Gasteiger partial charge in [-0.25, -0.2) is 0 Å². The Balaban J connectivity index is 2.00. The van der Waals surface area contributed by atoms with Crippen molar-refractivity contribution in [2.75, 3.05) is 98.5 Å². The van der Waals surface area contributed by atoms with Crippen LogP contribution in [-0.2, 0) is 85.3 Å². The Morgan fingerprint density at radius 2 is 0.889 bits per heavy atom. The summed E-state index contributed by atoms with van der Waals surface area (Å²) in [5, 5.41) is 0. The van der Waals surface area contributed by atoms with Crippen molar-refractivity contribution in [2.45, 2.75) is 137 Å². The zero-order chi connectivity index (χ0) is 40.1. The highest BCUT2D eigenvalue weighted by molar-refractivity contribution is 4.98. The molecule has 320 valence electrons. The summed E-state index contributed by atoms with van der Waals surface area (Å²) < 4.78 is 110. The van der Waals surface area contributed by atoms with E-state index in [2.05, 4.69) is 0 Å². The molecule has 3 rings (SSSR count). The molecular weight excluding hydrogens is 720 g/mol. The summed E-state index contributed by atoms with van der Waals surface area (Å²) >= 11 is 0. The number of hydrogen-bond donors (Lipinski definition) is 0. The Kier molecular flexibility index (Phi) is 20.9. The second kappa shape index (κ2) is 23.6. The molecule has 3 aliphatic heterocycles. The van der Waals surface area contributed by atoms with Crippen LogP contribution in [0.3, 0.4) is 0 Å². The Hall–Kier alpha value is -0.720. The molecule has 19 atom stereocenters. The summed E-state index contributed by atoms with van der Waals surface area (Å²) in [6.07, 6.45) is -12.8. The number of rotatable bonds is 23. The highest BCUT2D eigenvalue weighted by atomic mass is 16.8. The molecule has 0 aromatic heterocycles. The van der Waals surface area contributed by atoms with Gasteiger partial charge < -0.3 is 85.3 Å². The van der Waals surface area contributed by atoms with Crippen molar-refractivity contribution in [3.8, 4) is 0 Å². The lowest BCUT2D eigenvalue weighted by molar-refractivity contribution is -0.377. The first-order valence-corrected chi connectivity index (χ1v) is 18.2. The molecular formula is C36H68O18. The maximum Gasteiger partial charge on any atom is 0.187 e. The summed E-state index contributed by atoms with van der Waals surface area (Å²) in [5.41, 5.74) is 0. The fraction of sp³-hybridized carbons (Fsp3) is 1.00. The van der Waals surface area contributed by atoms with Crippen molar-refractivity contribution in [1.82, 2.24) is 0 Å². The molecule has 0 aromatic carbocycles. The minimum Gasteiger partial charge on any atom is -0.382 e. The van der Waals surface area contributed by atoms with E-state index < -0.39 is 110 Å². The third kappa shape index (κ3) is 10.9. The second-order valence-corrected chi connectivity index (χ2v) is 13.5. The monoisotopic (exact) mass is 788 g/mol. The maximum atomic E-state index is 6.81. The van der Waals surface area contributed by atoms with Gasteiger partial charge in [-0.2, -0.15) is 0 Å². The van der Waals surface area contributed by atoms with Gasteiger partial charge in [0.1, 0.15) is 79.4 Å². The van der Waals surface area contributed by atoms with E-state index >= 15 is 0 Å². The third-order valence-electron chi connectivity index (χ3n) is 10.6. The van der Waals surface area contributed by atoms with Crippen LogP contribution in [0.15, 0.2) is 0 Å². The zero-order valence-electron chi connectivity index (χ0n) is 34.7. The van der Waals surface area contributed by atoms with Gasteiger partial charge in [-0.05, 0) is 20.8 Å². The minimum absolute atomic E-state index is 0.0422. The maximum absolute atomic E-state index is 6.81. The van der Waals surface area contributed by atoms with Crippen LogP contribution in [0.25, 0.3) is 0 Å². The lowest BCUT2D eigenvalue weighted by Gasteiger charge is -2.50. The van der Waals surface area contributed by atoms with Crippen LogP contribution >= 0.6 is 0 Å². The molecule has 3 saturated heterocycles. The van der Waals surface area contributed by atoms with Gasteiger partial charge >= 0.3 is 0 Å². The molecule has 0 spiro atoms. The molecule has 19 unspecified atom stereocenters. The summed E-state index contributed by atoms with van der Waals surface area (Å²) in [4.78, 5) is 0. The van der Waals surface area contributed by atoms with E-state index in [0.29, 0.717) is 0 Å². The van der Waals surface area contributed by atoms with E-state index in [0.717, 1.165) is 0 Å². The molecule has 0 aliphatic carbocycles. The average molecular weight is 789 g/mol. The fourth-order valence-electron chi connectivity index (χ4n) is 7.78. The predicted octanol–water partition coefficient (Wildman–Crippen LogP) is 0.819. The molecule has 3 aliphatic rings. The lowest BCUT2D eigenvalue weighted by atomic mass is 9.96. The lowest BCUT2D eigenvalue weighted by Crippen LogP contribution is -2.66. The first kappa shape index (κ1) is 47.7. The van der Waals surface area contributed by atoms with Gasteiger partial charge in [0.05, 0.1) is 31.5 Å². The third-order valence-corrected chi connectivity index (χ3v) is 10.6. The number of hydrogen-bond acceptors (Lipinski definition) is 18. The van der Waals surface area contributed by atoms with Crippen LogP contribution in [0.4, 0.5) is 0 Å². The molecule has 3 fully saturated rings. The highest BCUT2D eigenvalue weighted by Crippen LogP contribution is 2.36. The van der Waals surface area contributed by atoms with Gasteiger partial charge in [0.2, 0.25) is 0 Å². The van der Waals surface area contributed by atoms with Gasteiger partial charge in [0, 0.05) is 85.3 Å². The Morgan fingerprint density at radius 3 is 1.31 bits per heavy atom. The molecule has 54 heavy (non-hydrogen) atoms. The van der Waals surface area contributed by atoms with Crippen molar-refractivity contribution in [3.63, 3.8) is 0 Å². The highest BCUT2D eigenvalue weighted by Gasteiger charge is 2.55. The van der Waals surface area contributed by atoms with Crippen LogP contribution < -0.4 is 0 Å². The van der Waals surface area contributed by atoms with Gasteiger partial charge in [-0.3, -0.25) is 0 Å². The van der Waals surface area contributed by atoms with E-state index in [4.69, 9.17) is 85.3 Å². The summed E-state index contributed by atoms with van der Waals surface area (Å²) in [5.74, 6) is 0. The number of ether oxygens (including phenoxy) is 18. The predicted molar refractivity (Wildman–Crippen MR) is 189 cm³/mol. The van der Waals surface area contributed by atoms with Crippen molar-refractivity contribution < 1.29 is 85.3 Å². The summed E-state index contributed by atoms with van der Waals surface area (Å²) in [7, 11) is 18.8. The Morgan fingerprint density at radius 1 is 0.444 bits per heavy atom. The fourth-order valence-corrected chi connectivity index (χ4v) is 7.78. The Bertz CT molecular complexity index is 1010. The molecule has 3 heterocycles. The van der Waals surface area contributed by atoms with Crippen LogP contribution in [0.2, 0.25) is 0 Å². The normalized spacial score (nSPS) is 39.9. The van der Waals surface area contributed by atoms with Crippen molar-refractivity contribution in [2.24, 2.45) is 0 Å². The first-order valence-electron chi connectivity index (χ1n) is 18.2. The van der Waals surface area contributed by atoms with Gasteiger partial charge in [-0.15, -0.1) is 0 Å². The van der Waals surface area contributed by atoms with Crippen LogP contribution in [0.1, 0.15) is 20.8 Å². The Labute approximate surface area is 321 Å². The molecule has 0 aromatic rings. The van der Waals surface area contributed by atoms with Gasteiger partial charge in [-0.1, -0.05) is 0 Å². The molecule has 0 N–H and O–H groups in total. The summed E-state index contributed by atoms with van der Waals surface area (Å²) in [6, 6.07) is 0. The van der Waals surface area contributed by atoms with Crippen LogP contribution in [-0.4, -0.2) is 215 Å². The van der Waals surface area contributed by atoms with Crippen LogP contribution in [0, 0.1) is 0 Å². The topological polar surface area (TPSA) is 166 Å². The first-order chi connectivity index (χ1) is 26.0. The van der Waals surface area contributed by atoms with Gasteiger partial charge in [0.25, 0.3) is 0 Å². The van der Waals surface area contributed by atoms with E-state index in [9.17, 15) is 0 Å². The van der Waals surface area contributed by atoms with Crippen LogP contribution in [0.5, 0.6) is 0 Å². The number of methoxy groups -OCH3 is 12. The smallest absolute Gasteiger partial charge is 0.187 e. The SMILES string of the molecule is COCC(OC1OC(COC)C(OC2OC(C)C(OC)C(OC)C2OC)C(OC)C1OC)C(OC1OC(C)C(OC)C(OC)C1OC)C(OC)C(C)OC. The molecule has 0 bridgehead atoms. The largest absolute Gasteiger partial charge is 0.382 e. The second-order valence-electron chi connectivity index (χ2n) is 13.5. The van der Waals surface area contributed by atoms with E-state index in [-0.39, 0.29) is 19.3 Å². The van der Waals surface area contributed by atoms with Gasteiger partial charge in [0.15, 0.2) is 18.9 Å². The van der Waals surface area contributed by atoms with E-state index in [1.54, 1.807) is 78.2 Å². The quantitative estimate of drug-likeness (QED) is 0.143. The molecule has 0 radical (unpaired) electrons. The molecule has 18 nitrogen and oxygen atoms in total. The standard InChI is InChI=1S/C36H68O18/c1-18(39-6)23(40-7)26(53-34-31(46-13)28(43-10)24(41-8)19(2)49-34)21(16-37-4)51-36-33(48-15)30(45-12)27(22(52-36)17-38-5)54-35-32(47-14)29(44-11)25(42-9)20(3)50-35/h18-36H,16-17H2,1-15H3. The molecule has 18 heteroatoms. The van der Waals surface area contributed by atoms with E-state index in [1.165, 1.54) is 7.11 Å². The summed E-state index contributed by atoms with van der Waals surface area (Å²) in [6.45, 7) is 5.77. The molecule has 0 saturated carbocycles. The molecule has 0 amide bonds. The van der Waals surface area contributed by atoms with E-state index in [1.807, 2.05) is 20.8 Å². The minimum atomic E-state index is -1.05.